The van der Waals surface area contributed by atoms with E-state index in [1.54, 1.807) is 0 Å². The van der Waals surface area contributed by atoms with E-state index in [2.05, 4.69) is 55.8 Å². The lowest BCUT2D eigenvalue weighted by Crippen LogP contribution is -2.40. The molecule has 94 valence electrons. The van der Waals surface area contributed by atoms with Crippen molar-refractivity contribution in [1.29, 1.82) is 0 Å². The molecule has 1 aliphatic carbocycles. The summed E-state index contributed by atoms with van der Waals surface area (Å²) in [7, 11) is 0. The van der Waals surface area contributed by atoms with Crippen LogP contribution in [0.25, 0.3) is 0 Å². The SMILES string of the molecule is C=C(C)CN1C(CC(C)C)NC2=CC=CCC21. The molecule has 1 heterocycles. The monoisotopic (exact) mass is 232 g/mol. The zero-order valence-corrected chi connectivity index (χ0v) is 11.2. The van der Waals surface area contributed by atoms with E-state index in [0.29, 0.717) is 18.1 Å². The van der Waals surface area contributed by atoms with Crippen LogP contribution in [0.5, 0.6) is 0 Å². The van der Waals surface area contributed by atoms with E-state index in [1.807, 2.05) is 0 Å². The summed E-state index contributed by atoms with van der Waals surface area (Å²) in [5.41, 5.74) is 2.63. The van der Waals surface area contributed by atoms with Gasteiger partial charge in [0.2, 0.25) is 0 Å². The summed E-state index contributed by atoms with van der Waals surface area (Å²) in [5, 5.41) is 3.67. The summed E-state index contributed by atoms with van der Waals surface area (Å²) in [4.78, 5) is 2.57. The predicted octanol–water partition coefficient (Wildman–Crippen LogP) is 3.05. The van der Waals surface area contributed by atoms with Crippen LogP contribution in [0.15, 0.2) is 36.1 Å². The third kappa shape index (κ3) is 2.81. The molecule has 1 N–H and O–H groups in total. The third-order valence-electron chi connectivity index (χ3n) is 3.41. The summed E-state index contributed by atoms with van der Waals surface area (Å²) in [5.74, 6) is 0.717. The molecule has 2 unspecified atom stereocenters. The molecule has 0 radical (unpaired) electrons. The Kier molecular flexibility index (Phi) is 3.72. The van der Waals surface area contributed by atoms with Gasteiger partial charge in [-0.2, -0.15) is 0 Å². The zero-order chi connectivity index (χ0) is 12.4. The van der Waals surface area contributed by atoms with Crippen LogP contribution in [0.2, 0.25) is 0 Å². The molecule has 1 fully saturated rings. The van der Waals surface area contributed by atoms with Crippen molar-refractivity contribution in [3.63, 3.8) is 0 Å². The van der Waals surface area contributed by atoms with Crippen molar-refractivity contribution < 1.29 is 0 Å². The van der Waals surface area contributed by atoms with Crippen LogP contribution in [-0.2, 0) is 0 Å². The lowest BCUT2D eigenvalue weighted by molar-refractivity contribution is 0.185. The van der Waals surface area contributed by atoms with E-state index < -0.39 is 0 Å². The summed E-state index contributed by atoms with van der Waals surface area (Å²) in [6, 6.07) is 0.542. The Balaban J connectivity index is 2.13. The van der Waals surface area contributed by atoms with Gasteiger partial charge in [-0.15, -0.1) is 0 Å². The molecule has 0 bridgehead atoms. The predicted molar refractivity (Wildman–Crippen MR) is 73.5 cm³/mol. The van der Waals surface area contributed by atoms with Gasteiger partial charge in [0.15, 0.2) is 0 Å². The van der Waals surface area contributed by atoms with Crippen LogP contribution in [0.1, 0.15) is 33.6 Å². The molecular formula is C15H24N2. The topological polar surface area (TPSA) is 15.3 Å². The maximum Gasteiger partial charge on any atom is 0.0801 e. The van der Waals surface area contributed by atoms with Gasteiger partial charge >= 0.3 is 0 Å². The Hall–Kier alpha value is -1.02. The molecule has 0 amide bonds. The first-order valence-electron chi connectivity index (χ1n) is 6.61. The van der Waals surface area contributed by atoms with Crippen molar-refractivity contribution in [1.82, 2.24) is 10.2 Å². The lowest BCUT2D eigenvalue weighted by atomic mass is 10.0. The smallest absolute Gasteiger partial charge is 0.0801 e. The number of hydrogen-bond donors (Lipinski definition) is 1. The van der Waals surface area contributed by atoms with Crippen LogP contribution < -0.4 is 5.32 Å². The Morgan fingerprint density at radius 2 is 2.35 bits per heavy atom. The summed E-state index contributed by atoms with van der Waals surface area (Å²) < 4.78 is 0. The van der Waals surface area contributed by atoms with Crippen molar-refractivity contribution in [2.24, 2.45) is 5.92 Å². The minimum absolute atomic E-state index is 0.475. The second kappa shape index (κ2) is 5.09. The molecule has 2 aliphatic rings. The van der Waals surface area contributed by atoms with Gasteiger partial charge in [-0.25, -0.2) is 0 Å². The first-order chi connectivity index (χ1) is 8.08. The number of allylic oxidation sites excluding steroid dienone is 2. The first-order valence-corrected chi connectivity index (χ1v) is 6.61. The summed E-state index contributed by atoms with van der Waals surface area (Å²) in [6.07, 6.45) is 9.44. The van der Waals surface area contributed by atoms with Gasteiger partial charge in [0.1, 0.15) is 0 Å². The van der Waals surface area contributed by atoms with E-state index in [0.717, 1.165) is 13.0 Å². The van der Waals surface area contributed by atoms with Gasteiger partial charge in [0.05, 0.1) is 12.2 Å². The Bertz CT molecular complexity index is 352. The minimum Gasteiger partial charge on any atom is -0.372 e. The second-order valence-corrected chi connectivity index (χ2v) is 5.72. The van der Waals surface area contributed by atoms with Crippen LogP contribution in [0.3, 0.4) is 0 Å². The van der Waals surface area contributed by atoms with Gasteiger partial charge in [0.25, 0.3) is 0 Å². The standard InChI is InChI=1S/C15H24N2/c1-11(2)9-15-16-13-7-5-6-8-14(13)17(15)10-12(3)4/h5-7,11,14-16H,3,8-10H2,1-2,4H3. The first kappa shape index (κ1) is 12.4. The molecular weight excluding hydrogens is 208 g/mol. The van der Waals surface area contributed by atoms with E-state index >= 15 is 0 Å². The number of rotatable bonds is 4. The van der Waals surface area contributed by atoms with Crippen molar-refractivity contribution in [2.75, 3.05) is 6.54 Å². The lowest BCUT2D eigenvalue weighted by Gasteiger charge is -2.29. The summed E-state index contributed by atoms with van der Waals surface area (Å²) in [6.45, 7) is 11.8. The van der Waals surface area contributed by atoms with E-state index in [4.69, 9.17) is 0 Å². The Morgan fingerprint density at radius 3 is 3.00 bits per heavy atom. The van der Waals surface area contributed by atoms with Gasteiger partial charge < -0.3 is 5.32 Å². The maximum atomic E-state index is 4.06. The minimum atomic E-state index is 0.475. The quantitative estimate of drug-likeness (QED) is 0.749. The molecule has 2 rings (SSSR count). The van der Waals surface area contributed by atoms with Crippen LogP contribution in [0.4, 0.5) is 0 Å². The van der Waals surface area contributed by atoms with Gasteiger partial charge in [0, 0.05) is 12.2 Å². The van der Waals surface area contributed by atoms with Crippen LogP contribution >= 0.6 is 0 Å². The number of nitrogens with one attached hydrogen (secondary N) is 1. The molecule has 1 saturated heterocycles. The van der Waals surface area contributed by atoms with Gasteiger partial charge in [-0.05, 0) is 31.8 Å². The molecule has 0 aromatic carbocycles. The third-order valence-corrected chi connectivity index (χ3v) is 3.41. The second-order valence-electron chi connectivity index (χ2n) is 5.72. The van der Waals surface area contributed by atoms with Gasteiger partial charge in [-0.3, -0.25) is 4.90 Å². The molecule has 2 nitrogen and oxygen atoms in total. The van der Waals surface area contributed by atoms with Crippen molar-refractivity contribution in [2.45, 2.75) is 45.8 Å². The zero-order valence-electron chi connectivity index (χ0n) is 11.2. The largest absolute Gasteiger partial charge is 0.372 e. The molecule has 17 heavy (non-hydrogen) atoms. The fraction of sp³-hybridized carbons (Fsp3) is 0.600. The highest BCUT2D eigenvalue weighted by Crippen LogP contribution is 2.29. The fourth-order valence-corrected chi connectivity index (χ4v) is 2.74. The van der Waals surface area contributed by atoms with Crippen LogP contribution in [0, 0.1) is 5.92 Å². The number of hydrogen-bond acceptors (Lipinski definition) is 2. The molecule has 0 aromatic heterocycles. The maximum absolute atomic E-state index is 4.06. The van der Waals surface area contributed by atoms with Crippen molar-refractivity contribution in [3.8, 4) is 0 Å². The van der Waals surface area contributed by atoms with Crippen molar-refractivity contribution in [3.05, 3.63) is 36.1 Å². The summed E-state index contributed by atoms with van der Waals surface area (Å²) >= 11 is 0. The average molecular weight is 232 g/mol. The Morgan fingerprint density at radius 1 is 1.59 bits per heavy atom. The molecule has 0 aromatic rings. The highest BCUT2D eigenvalue weighted by molar-refractivity contribution is 5.27. The molecule has 0 spiro atoms. The molecule has 2 atom stereocenters. The van der Waals surface area contributed by atoms with Gasteiger partial charge in [-0.1, -0.05) is 38.2 Å². The molecule has 1 aliphatic heterocycles. The Labute approximate surface area is 105 Å². The van der Waals surface area contributed by atoms with E-state index in [9.17, 15) is 0 Å². The van der Waals surface area contributed by atoms with E-state index in [1.165, 1.54) is 17.7 Å². The number of fused-ring (bicyclic) bond motifs is 1. The normalized spacial score (nSPS) is 27.9. The average Bonchev–Trinajstić information content (AvgIpc) is 2.55. The van der Waals surface area contributed by atoms with E-state index in [-0.39, 0.29) is 0 Å². The molecule has 0 saturated carbocycles. The number of nitrogens with zero attached hydrogens (tertiary/aromatic N) is 1. The highest BCUT2D eigenvalue weighted by atomic mass is 15.4. The van der Waals surface area contributed by atoms with Crippen molar-refractivity contribution >= 4 is 0 Å². The van der Waals surface area contributed by atoms with Crippen LogP contribution in [-0.4, -0.2) is 23.7 Å². The highest BCUT2D eigenvalue weighted by Gasteiger charge is 2.36. The fourth-order valence-electron chi connectivity index (χ4n) is 2.74. The molecule has 2 heteroatoms.